The van der Waals surface area contributed by atoms with Gasteiger partial charge in [0.2, 0.25) is 11.8 Å². The Hall–Kier alpha value is -3.75. The van der Waals surface area contributed by atoms with E-state index in [0.29, 0.717) is 25.1 Å². The molecule has 212 valence electrons. The SMILES string of the molecule is CNN(C)C(=O)C1(Cc2ccccc2)CCCN(c2ccc3ccccc3c2C(C)(C=O)NC(=O)C(C)(C)N)C1. The summed E-state index contributed by atoms with van der Waals surface area (Å²) in [7, 11) is 3.50. The van der Waals surface area contributed by atoms with Crippen molar-refractivity contribution in [1.82, 2.24) is 15.8 Å². The van der Waals surface area contributed by atoms with Crippen molar-refractivity contribution in [3.05, 3.63) is 77.9 Å². The fraction of sp³-hybridized carbons (Fsp3) is 0.406. The zero-order valence-corrected chi connectivity index (χ0v) is 24.2. The fourth-order valence-electron chi connectivity index (χ4n) is 5.79. The number of hydrogen-bond acceptors (Lipinski definition) is 6. The summed E-state index contributed by atoms with van der Waals surface area (Å²) in [6.45, 7) is 6.12. The Morgan fingerprint density at radius 3 is 2.38 bits per heavy atom. The Bertz CT molecular complexity index is 1390. The molecule has 0 bridgehead atoms. The Kier molecular flexibility index (Phi) is 8.33. The first kappa shape index (κ1) is 29.2. The van der Waals surface area contributed by atoms with Crippen LogP contribution in [0.5, 0.6) is 0 Å². The Balaban J connectivity index is 1.86. The molecule has 8 nitrogen and oxygen atoms in total. The number of benzene rings is 3. The van der Waals surface area contributed by atoms with Crippen LogP contribution < -0.4 is 21.4 Å². The van der Waals surface area contributed by atoms with Gasteiger partial charge >= 0.3 is 0 Å². The van der Waals surface area contributed by atoms with E-state index in [2.05, 4.69) is 27.8 Å². The van der Waals surface area contributed by atoms with Gasteiger partial charge in [0.05, 0.1) is 11.0 Å². The van der Waals surface area contributed by atoms with Crippen LogP contribution in [-0.2, 0) is 26.3 Å². The third kappa shape index (κ3) is 5.74. The monoisotopic (exact) mass is 543 g/mol. The van der Waals surface area contributed by atoms with E-state index in [1.54, 1.807) is 39.9 Å². The van der Waals surface area contributed by atoms with Crippen LogP contribution in [0.1, 0.15) is 44.7 Å². The third-order valence-corrected chi connectivity index (χ3v) is 8.02. The van der Waals surface area contributed by atoms with Gasteiger partial charge < -0.3 is 20.7 Å². The predicted molar refractivity (Wildman–Crippen MR) is 160 cm³/mol. The molecule has 0 aliphatic carbocycles. The van der Waals surface area contributed by atoms with E-state index in [1.165, 1.54) is 0 Å². The highest BCUT2D eigenvalue weighted by molar-refractivity contribution is 5.98. The second kappa shape index (κ2) is 11.4. The van der Waals surface area contributed by atoms with Crippen molar-refractivity contribution >= 4 is 34.6 Å². The van der Waals surface area contributed by atoms with Crippen molar-refractivity contribution in [2.24, 2.45) is 11.1 Å². The number of carbonyl (C=O) groups excluding carboxylic acids is 3. The van der Waals surface area contributed by atoms with E-state index in [4.69, 9.17) is 5.73 Å². The maximum Gasteiger partial charge on any atom is 0.244 e. The minimum absolute atomic E-state index is 0.0159. The van der Waals surface area contributed by atoms with E-state index >= 15 is 0 Å². The summed E-state index contributed by atoms with van der Waals surface area (Å²) in [6, 6.07) is 21.9. The summed E-state index contributed by atoms with van der Waals surface area (Å²) in [5.74, 6) is -0.411. The van der Waals surface area contributed by atoms with Crippen molar-refractivity contribution in [3.63, 3.8) is 0 Å². The molecule has 4 N–H and O–H groups in total. The van der Waals surface area contributed by atoms with Gasteiger partial charge in [0.15, 0.2) is 0 Å². The van der Waals surface area contributed by atoms with Gasteiger partial charge in [0.25, 0.3) is 0 Å². The van der Waals surface area contributed by atoms with Crippen LogP contribution in [0.3, 0.4) is 0 Å². The molecule has 0 radical (unpaired) electrons. The topological polar surface area (TPSA) is 108 Å². The molecular formula is C32H41N5O3. The number of piperidine rings is 1. The molecule has 0 saturated carbocycles. The molecule has 3 aromatic carbocycles. The van der Waals surface area contributed by atoms with Gasteiger partial charge in [-0.25, -0.2) is 5.43 Å². The van der Waals surface area contributed by atoms with Gasteiger partial charge in [0, 0.05) is 38.4 Å². The highest BCUT2D eigenvalue weighted by Gasteiger charge is 2.45. The van der Waals surface area contributed by atoms with Gasteiger partial charge in [-0.15, -0.1) is 0 Å². The molecule has 3 aromatic rings. The van der Waals surface area contributed by atoms with E-state index in [1.807, 2.05) is 54.6 Å². The lowest BCUT2D eigenvalue weighted by Crippen LogP contribution is -2.57. The van der Waals surface area contributed by atoms with Crippen LogP contribution >= 0.6 is 0 Å². The first-order valence-corrected chi connectivity index (χ1v) is 13.8. The lowest BCUT2D eigenvalue weighted by atomic mass is 9.73. The molecular weight excluding hydrogens is 502 g/mol. The summed E-state index contributed by atoms with van der Waals surface area (Å²) in [5.41, 5.74) is 8.49. The number of anilines is 1. The summed E-state index contributed by atoms with van der Waals surface area (Å²) in [5, 5.41) is 6.32. The number of amides is 2. The summed E-state index contributed by atoms with van der Waals surface area (Å²) in [4.78, 5) is 42.1. The van der Waals surface area contributed by atoms with Crippen LogP contribution in [0.4, 0.5) is 5.69 Å². The average molecular weight is 544 g/mol. The largest absolute Gasteiger partial charge is 0.370 e. The van der Waals surface area contributed by atoms with E-state index in [0.717, 1.165) is 41.2 Å². The molecule has 40 heavy (non-hydrogen) atoms. The van der Waals surface area contributed by atoms with Crippen molar-refractivity contribution in [3.8, 4) is 0 Å². The lowest BCUT2D eigenvalue weighted by Gasteiger charge is -2.45. The second-order valence-corrected chi connectivity index (χ2v) is 11.7. The van der Waals surface area contributed by atoms with Crippen molar-refractivity contribution in [1.29, 1.82) is 0 Å². The number of nitrogens with two attached hydrogens (primary N) is 1. The van der Waals surface area contributed by atoms with E-state index in [9.17, 15) is 14.4 Å². The number of nitrogens with one attached hydrogen (secondary N) is 2. The predicted octanol–water partition coefficient (Wildman–Crippen LogP) is 3.53. The molecule has 1 aliphatic rings. The van der Waals surface area contributed by atoms with Crippen LogP contribution in [0, 0.1) is 5.41 Å². The van der Waals surface area contributed by atoms with Gasteiger partial charge in [-0.2, -0.15) is 0 Å². The Morgan fingerprint density at radius 1 is 1.05 bits per heavy atom. The average Bonchev–Trinajstić information content (AvgIpc) is 2.95. The number of hydrogen-bond donors (Lipinski definition) is 3. The first-order valence-electron chi connectivity index (χ1n) is 13.8. The van der Waals surface area contributed by atoms with Gasteiger partial charge in [-0.1, -0.05) is 60.7 Å². The number of fused-ring (bicyclic) bond motifs is 1. The van der Waals surface area contributed by atoms with E-state index in [-0.39, 0.29) is 5.91 Å². The summed E-state index contributed by atoms with van der Waals surface area (Å²) in [6.07, 6.45) is 2.89. The maximum atomic E-state index is 13.9. The van der Waals surface area contributed by atoms with Crippen LogP contribution in [-0.4, -0.2) is 55.8 Å². The van der Waals surface area contributed by atoms with Crippen LogP contribution in [0.25, 0.3) is 10.8 Å². The molecule has 1 saturated heterocycles. The number of hydrazine groups is 1. The van der Waals surface area contributed by atoms with Crippen molar-refractivity contribution in [2.45, 2.75) is 51.1 Å². The minimum atomic E-state index is -1.35. The highest BCUT2D eigenvalue weighted by atomic mass is 16.2. The molecule has 2 atom stereocenters. The molecule has 2 unspecified atom stereocenters. The molecule has 0 spiro atoms. The van der Waals surface area contributed by atoms with E-state index < -0.39 is 22.4 Å². The number of nitrogens with zero attached hydrogens (tertiary/aromatic N) is 2. The molecule has 0 aromatic heterocycles. The fourth-order valence-corrected chi connectivity index (χ4v) is 5.79. The molecule has 1 aliphatic heterocycles. The van der Waals surface area contributed by atoms with Crippen LogP contribution in [0.2, 0.25) is 0 Å². The van der Waals surface area contributed by atoms with Gasteiger partial charge in [-0.05, 0) is 62.4 Å². The molecule has 1 heterocycles. The second-order valence-electron chi connectivity index (χ2n) is 11.7. The third-order valence-electron chi connectivity index (χ3n) is 8.02. The number of aldehydes is 1. The highest BCUT2D eigenvalue weighted by Crippen LogP contribution is 2.42. The van der Waals surface area contributed by atoms with Gasteiger partial charge in [-0.3, -0.25) is 14.6 Å². The number of rotatable bonds is 9. The quantitative estimate of drug-likeness (QED) is 0.282. The van der Waals surface area contributed by atoms with Crippen LogP contribution in [0.15, 0.2) is 66.7 Å². The molecule has 2 amide bonds. The van der Waals surface area contributed by atoms with Crippen molar-refractivity contribution in [2.75, 3.05) is 32.1 Å². The standard InChI is InChI=1S/C32H41N5O3/c1-30(2,33)28(39)35-31(3,22-38)27-25-15-10-9-14-24(25)16-17-26(27)37-19-11-18-32(21-37,29(40)36(5)34-4)20-23-12-7-6-8-13-23/h6-10,12-17,22,34H,11,18-21,33H2,1-5H3,(H,35,39). The summed E-state index contributed by atoms with van der Waals surface area (Å²) >= 11 is 0. The molecule has 8 heteroatoms. The zero-order chi connectivity index (χ0) is 29.1. The normalized spacial score (nSPS) is 19.1. The van der Waals surface area contributed by atoms with Gasteiger partial charge in [0.1, 0.15) is 11.8 Å². The summed E-state index contributed by atoms with van der Waals surface area (Å²) < 4.78 is 0. The lowest BCUT2D eigenvalue weighted by molar-refractivity contribution is -0.144. The smallest absolute Gasteiger partial charge is 0.244 e. The Morgan fingerprint density at radius 2 is 1.73 bits per heavy atom. The first-order chi connectivity index (χ1) is 18.9. The molecule has 4 rings (SSSR count). The zero-order valence-electron chi connectivity index (χ0n) is 24.2. The van der Waals surface area contributed by atoms with Crippen molar-refractivity contribution < 1.29 is 14.4 Å². The maximum absolute atomic E-state index is 13.9. The molecule has 1 fully saturated rings. The minimum Gasteiger partial charge on any atom is -0.370 e. The number of carbonyl (C=O) groups is 3. The Labute approximate surface area is 236 Å².